The Morgan fingerprint density at radius 2 is 1.93 bits per heavy atom. The summed E-state index contributed by atoms with van der Waals surface area (Å²) in [6.45, 7) is 4.60. The molecule has 0 amide bonds. The normalized spacial score (nSPS) is 21.3. The van der Waals surface area contributed by atoms with Crippen molar-refractivity contribution in [2.45, 2.75) is 57.5 Å². The number of hydrogen-bond acceptors (Lipinski definition) is 4. The third-order valence-electron chi connectivity index (χ3n) is 6.78. The van der Waals surface area contributed by atoms with Gasteiger partial charge in [0.25, 0.3) is 0 Å². The molecule has 5 rings (SSSR count). The number of likely N-dealkylation sites (tertiary alicyclic amines) is 1. The molecule has 1 N–H and O–H groups in total. The maximum atomic E-state index is 11.2. The summed E-state index contributed by atoms with van der Waals surface area (Å²) in [5.74, 6) is -0.467. The van der Waals surface area contributed by atoms with E-state index in [0.717, 1.165) is 60.0 Å². The Kier molecular flexibility index (Phi) is 4.60. The minimum atomic E-state index is -0.902. The second kappa shape index (κ2) is 7.15. The maximum absolute atomic E-state index is 11.2. The van der Waals surface area contributed by atoms with Gasteiger partial charge >= 0.3 is 5.97 Å². The third-order valence-corrected chi connectivity index (χ3v) is 6.78. The van der Waals surface area contributed by atoms with Crippen LogP contribution in [0.1, 0.15) is 53.6 Å². The Labute approximate surface area is 171 Å². The summed E-state index contributed by atoms with van der Waals surface area (Å²) < 4.78 is 12.6. The van der Waals surface area contributed by atoms with Crippen molar-refractivity contribution >= 4 is 5.97 Å². The van der Waals surface area contributed by atoms with E-state index in [0.29, 0.717) is 12.2 Å². The molecule has 0 aromatic heterocycles. The topological polar surface area (TPSA) is 59.0 Å². The fraction of sp³-hybridized carbons (Fsp3) is 0.458. The monoisotopic (exact) mass is 393 g/mol. The van der Waals surface area contributed by atoms with Crippen molar-refractivity contribution in [3.05, 3.63) is 53.1 Å². The number of nitrogens with zero attached hydrogens (tertiary/aromatic N) is 1. The molecule has 1 spiro atoms. The molecule has 3 aliphatic rings. The van der Waals surface area contributed by atoms with Gasteiger partial charge in [0.2, 0.25) is 5.79 Å². The molecular formula is C24H27NO4. The van der Waals surface area contributed by atoms with Crippen LogP contribution in [0.5, 0.6) is 5.75 Å². The molecule has 0 radical (unpaired) electrons. The number of benzene rings is 2. The van der Waals surface area contributed by atoms with Gasteiger partial charge in [-0.05, 0) is 60.7 Å². The summed E-state index contributed by atoms with van der Waals surface area (Å²) in [5.41, 5.74) is 4.40. The van der Waals surface area contributed by atoms with Gasteiger partial charge in [0.1, 0.15) is 5.75 Å². The van der Waals surface area contributed by atoms with Crippen molar-refractivity contribution in [1.29, 1.82) is 0 Å². The second-order valence-corrected chi connectivity index (χ2v) is 8.58. The number of rotatable bonds is 3. The van der Waals surface area contributed by atoms with Crippen molar-refractivity contribution < 1.29 is 19.4 Å². The van der Waals surface area contributed by atoms with E-state index in [-0.39, 0.29) is 0 Å². The Morgan fingerprint density at radius 1 is 1.14 bits per heavy atom. The molecule has 5 nitrogen and oxygen atoms in total. The van der Waals surface area contributed by atoms with Crippen molar-refractivity contribution in [3.8, 4) is 16.9 Å². The third kappa shape index (κ3) is 3.43. The first kappa shape index (κ1) is 18.6. The first-order valence-corrected chi connectivity index (χ1v) is 10.6. The highest BCUT2D eigenvalue weighted by atomic mass is 16.7. The van der Waals surface area contributed by atoms with Gasteiger partial charge in [-0.15, -0.1) is 0 Å². The Morgan fingerprint density at radius 3 is 2.59 bits per heavy atom. The van der Waals surface area contributed by atoms with Crippen molar-refractivity contribution in [2.75, 3.05) is 13.1 Å². The van der Waals surface area contributed by atoms with E-state index in [9.17, 15) is 9.90 Å². The van der Waals surface area contributed by atoms with Crippen LogP contribution in [0.25, 0.3) is 11.1 Å². The van der Waals surface area contributed by atoms with Crippen molar-refractivity contribution in [2.24, 2.45) is 0 Å². The van der Waals surface area contributed by atoms with Crippen molar-refractivity contribution in [1.82, 2.24) is 4.90 Å². The van der Waals surface area contributed by atoms with Crippen LogP contribution < -0.4 is 4.74 Å². The van der Waals surface area contributed by atoms with E-state index in [1.54, 1.807) is 12.1 Å². The molecule has 0 atom stereocenters. The number of carbonyl (C=O) groups is 1. The zero-order valence-electron chi connectivity index (χ0n) is 16.8. The Bertz CT molecular complexity index is 942. The lowest BCUT2D eigenvalue weighted by atomic mass is 9.89. The van der Waals surface area contributed by atoms with Crippen LogP contribution >= 0.6 is 0 Å². The molecule has 5 heteroatoms. The highest BCUT2D eigenvalue weighted by molar-refractivity contribution is 5.89. The summed E-state index contributed by atoms with van der Waals surface area (Å²) in [6, 6.07) is 12.2. The van der Waals surface area contributed by atoms with Gasteiger partial charge in [-0.3, -0.25) is 4.90 Å². The maximum Gasteiger partial charge on any atom is 0.335 e. The van der Waals surface area contributed by atoms with Gasteiger partial charge < -0.3 is 14.6 Å². The SMILES string of the molecule is Cc1cc(C(=O)O)ccc1-c1ccc2c(c1)COC1(CCN(C3CCC3)CC1)O2. The smallest absolute Gasteiger partial charge is 0.335 e. The van der Waals surface area contributed by atoms with E-state index >= 15 is 0 Å². The molecule has 2 aliphatic heterocycles. The number of aromatic carboxylic acids is 1. The van der Waals surface area contributed by atoms with Gasteiger partial charge in [0.05, 0.1) is 12.2 Å². The van der Waals surface area contributed by atoms with Crippen LogP contribution in [0, 0.1) is 6.92 Å². The fourth-order valence-electron chi connectivity index (χ4n) is 4.75. The Hall–Kier alpha value is -2.37. The standard InChI is InChI=1S/C24H27NO4/c1-16-13-18(23(26)27)5-7-21(16)17-6-8-22-19(14-17)15-28-24(29-22)9-11-25(12-10-24)20-3-2-4-20/h5-8,13-14,20H,2-4,9-12,15H2,1H3,(H,26,27). The van der Waals surface area contributed by atoms with Gasteiger partial charge in [0, 0.05) is 37.5 Å². The summed E-state index contributed by atoms with van der Waals surface area (Å²) in [7, 11) is 0. The van der Waals surface area contributed by atoms with E-state index < -0.39 is 11.8 Å². The second-order valence-electron chi connectivity index (χ2n) is 8.58. The molecule has 1 saturated carbocycles. The lowest BCUT2D eigenvalue weighted by molar-refractivity contribution is -0.231. The molecule has 2 aromatic carbocycles. The van der Waals surface area contributed by atoms with Crippen LogP contribution in [0.15, 0.2) is 36.4 Å². The lowest BCUT2D eigenvalue weighted by Gasteiger charge is -2.47. The summed E-state index contributed by atoms with van der Waals surface area (Å²) >= 11 is 0. The number of hydrogen-bond donors (Lipinski definition) is 1. The predicted molar refractivity (Wildman–Crippen MR) is 110 cm³/mol. The number of ether oxygens (including phenoxy) is 2. The van der Waals surface area contributed by atoms with Gasteiger partial charge in [0.15, 0.2) is 0 Å². The van der Waals surface area contributed by atoms with E-state index in [2.05, 4.69) is 17.0 Å². The number of carboxylic acids is 1. The molecule has 2 fully saturated rings. The van der Waals surface area contributed by atoms with E-state index in [4.69, 9.17) is 9.47 Å². The Balaban J connectivity index is 1.33. The number of piperidine rings is 1. The molecular weight excluding hydrogens is 366 g/mol. The van der Waals surface area contributed by atoms with E-state index in [1.165, 1.54) is 19.3 Å². The number of aryl methyl sites for hydroxylation is 1. The minimum Gasteiger partial charge on any atom is -0.478 e. The molecule has 2 heterocycles. The molecule has 1 aliphatic carbocycles. The zero-order chi connectivity index (χ0) is 20.0. The molecule has 0 unspecified atom stereocenters. The zero-order valence-corrected chi connectivity index (χ0v) is 16.8. The average Bonchev–Trinajstić information content (AvgIpc) is 2.68. The van der Waals surface area contributed by atoms with Crippen LogP contribution in [-0.2, 0) is 11.3 Å². The molecule has 1 saturated heterocycles. The largest absolute Gasteiger partial charge is 0.478 e. The van der Waals surface area contributed by atoms with Crippen molar-refractivity contribution in [3.63, 3.8) is 0 Å². The first-order valence-electron chi connectivity index (χ1n) is 10.6. The fourth-order valence-corrected chi connectivity index (χ4v) is 4.75. The van der Waals surface area contributed by atoms with Gasteiger partial charge in [-0.25, -0.2) is 4.79 Å². The van der Waals surface area contributed by atoms with Gasteiger partial charge in [-0.1, -0.05) is 18.6 Å². The van der Waals surface area contributed by atoms with Crippen LogP contribution in [0.3, 0.4) is 0 Å². The van der Waals surface area contributed by atoms with Crippen LogP contribution in [-0.4, -0.2) is 40.9 Å². The van der Waals surface area contributed by atoms with E-state index in [1.807, 2.05) is 19.1 Å². The summed E-state index contributed by atoms with van der Waals surface area (Å²) in [4.78, 5) is 13.8. The summed E-state index contributed by atoms with van der Waals surface area (Å²) in [6.07, 6.45) is 5.88. The quantitative estimate of drug-likeness (QED) is 0.825. The highest BCUT2D eigenvalue weighted by Gasteiger charge is 2.42. The summed E-state index contributed by atoms with van der Waals surface area (Å²) in [5, 5.41) is 9.18. The predicted octanol–water partition coefficient (Wildman–Crippen LogP) is 4.61. The molecule has 2 aromatic rings. The van der Waals surface area contributed by atoms with Crippen LogP contribution in [0.4, 0.5) is 0 Å². The number of carboxylic acid groups (broad SMARTS) is 1. The molecule has 152 valence electrons. The minimum absolute atomic E-state index is 0.311. The van der Waals surface area contributed by atoms with Gasteiger partial charge in [-0.2, -0.15) is 0 Å². The average molecular weight is 393 g/mol. The highest BCUT2D eigenvalue weighted by Crippen LogP contribution is 2.40. The lowest BCUT2D eigenvalue weighted by Crippen LogP contribution is -2.54. The first-order chi connectivity index (χ1) is 14.0. The molecule has 0 bridgehead atoms. The van der Waals surface area contributed by atoms with Crippen LogP contribution in [0.2, 0.25) is 0 Å². The number of fused-ring (bicyclic) bond motifs is 1. The molecule has 29 heavy (non-hydrogen) atoms.